The smallest absolute Gasteiger partial charge is 1.00 e. The third-order valence-electron chi connectivity index (χ3n) is 0. The fourth-order valence-electron chi connectivity index (χ4n) is 0. The maximum atomic E-state index is 8.74. The van der Waals surface area contributed by atoms with Gasteiger partial charge in [-0.25, -0.2) is 0 Å². The average molecular weight is 217 g/mol. The normalized spacial score (nSPS) is 6.44. The van der Waals surface area contributed by atoms with Gasteiger partial charge in [-0.3, -0.25) is 9.11 Å². The quantitative estimate of drug-likeness (QED) is 0.319. The predicted octanol–water partition coefficient (Wildman–Crippen LogP) is -4.23. The Balaban J connectivity index is -0.00000000222. The van der Waals surface area contributed by atoms with Crippen molar-refractivity contribution in [1.29, 1.82) is 0 Å². The Morgan fingerprint density at radius 1 is 1.22 bits per heavy atom. The summed E-state index contributed by atoms with van der Waals surface area (Å²) in [4.78, 5) is 0. The molecule has 0 spiro atoms. The van der Waals surface area contributed by atoms with Crippen LogP contribution >= 0.6 is 0 Å². The van der Waals surface area contributed by atoms with Crippen molar-refractivity contribution >= 4 is 79.6 Å². The fraction of sp³-hybridized carbons (Fsp3) is 0. The molecule has 0 heterocycles. The molecule has 0 fully saturated rings. The summed E-state index contributed by atoms with van der Waals surface area (Å²) in [7, 11) is -4.67. The zero-order valence-corrected chi connectivity index (χ0v) is 12.7. The van der Waals surface area contributed by atoms with Crippen molar-refractivity contribution < 1.29 is 76.0 Å². The van der Waals surface area contributed by atoms with E-state index in [1.54, 1.807) is 0 Å². The Bertz CT molecular complexity index is 117. The minimum atomic E-state index is -4.67. The van der Waals surface area contributed by atoms with E-state index in [1.807, 2.05) is 0 Å². The molecule has 0 aliphatic heterocycles. The molecule has 0 saturated heterocycles. The molecule has 0 rings (SSSR count). The molecule has 0 aromatic rings. The van der Waals surface area contributed by atoms with Gasteiger partial charge in [0.05, 0.1) is 0 Å². The first-order valence-electron chi connectivity index (χ1n) is 0.698. The molecule has 0 atom stereocenters. The van der Waals surface area contributed by atoms with Crippen LogP contribution in [-0.4, -0.2) is 86.7 Å². The topological polar surface area (TPSA) is 74.6 Å². The van der Waals surface area contributed by atoms with Gasteiger partial charge in [0.2, 0.25) is 0 Å². The van der Waals surface area contributed by atoms with Crippen molar-refractivity contribution in [2.24, 2.45) is 0 Å². The molecule has 9 heavy (non-hydrogen) atoms. The summed E-state index contributed by atoms with van der Waals surface area (Å²) in [6, 6.07) is 0. The van der Waals surface area contributed by atoms with E-state index in [-0.39, 0.29) is 128 Å². The number of hydrogen-bond acceptors (Lipinski definition) is 2. The van der Waals surface area contributed by atoms with Crippen molar-refractivity contribution in [3.8, 4) is 0 Å². The molecular formula is H7BCaKMgO4S. The standard InChI is InChI=1S/B.Ca.K.Mg.H2O4S.5H/c;;;;1-5(2,3)4;;;;;/h;;;;(H2,1,2,3,4);;;;;/q;+2;+1;+2;;5*-1. The van der Waals surface area contributed by atoms with Gasteiger partial charge in [-0.15, -0.1) is 0 Å². The number of hydrogen-bond donors (Lipinski definition) is 2. The Kier molecular flexibility index (Phi) is 46.1. The van der Waals surface area contributed by atoms with E-state index >= 15 is 0 Å². The van der Waals surface area contributed by atoms with Crippen LogP contribution in [0, 0.1) is 0 Å². The monoisotopic (exact) mass is 217 g/mol. The Hall–Kier alpha value is 3.60. The zero-order valence-electron chi connectivity index (χ0n) is 10.1. The average Bonchev–Trinajstić information content (AvgIpc) is 0.722. The molecule has 0 bridgehead atoms. The van der Waals surface area contributed by atoms with E-state index in [9.17, 15) is 0 Å². The number of rotatable bonds is 0. The Morgan fingerprint density at radius 2 is 1.22 bits per heavy atom. The van der Waals surface area contributed by atoms with Crippen LogP contribution in [0.25, 0.3) is 0 Å². The minimum absolute atomic E-state index is 0. The first kappa shape index (κ1) is 29.4. The molecule has 2 N–H and O–H groups in total. The molecule has 45 valence electrons. The molecule has 3 radical (unpaired) electrons. The second kappa shape index (κ2) is 14.1. The van der Waals surface area contributed by atoms with Gasteiger partial charge in [-0.05, 0) is 0 Å². The SMILES string of the molecule is O=S(=O)(O)O.[B].[Ca+2].[H-].[H-].[H-].[H-].[H-].[K+].[Mg+2]. The van der Waals surface area contributed by atoms with Crippen LogP contribution in [0.3, 0.4) is 0 Å². The van der Waals surface area contributed by atoms with Crippen LogP contribution in [0.1, 0.15) is 7.13 Å². The molecular weight excluding hydrogens is 210 g/mol. The zero-order chi connectivity index (χ0) is 4.50. The molecule has 0 saturated carbocycles. The van der Waals surface area contributed by atoms with Gasteiger partial charge in [0.1, 0.15) is 0 Å². The van der Waals surface area contributed by atoms with E-state index in [1.165, 1.54) is 0 Å². The summed E-state index contributed by atoms with van der Waals surface area (Å²) >= 11 is 0. The van der Waals surface area contributed by atoms with Crippen molar-refractivity contribution in [2.45, 2.75) is 0 Å². The van der Waals surface area contributed by atoms with Crippen LogP contribution in [0.4, 0.5) is 0 Å². The molecule has 0 aliphatic rings. The molecule has 0 aromatic carbocycles. The van der Waals surface area contributed by atoms with Gasteiger partial charge in [-0.1, -0.05) is 0 Å². The van der Waals surface area contributed by atoms with Crippen molar-refractivity contribution in [3.05, 3.63) is 0 Å². The predicted molar refractivity (Wildman–Crippen MR) is 37.0 cm³/mol. The van der Waals surface area contributed by atoms with Crippen LogP contribution in [0.15, 0.2) is 0 Å². The fourth-order valence-corrected chi connectivity index (χ4v) is 0. The third-order valence-corrected chi connectivity index (χ3v) is 0. The van der Waals surface area contributed by atoms with Crippen LogP contribution in [0.5, 0.6) is 0 Å². The van der Waals surface area contributed by atoms with Crippen LogP contribution < -0.4 is 51.4 Å². The van der Waals surface area contributed by atoms with Crippen LogP contribution in [-0.2, 0) is 10.4 Å². The first-order valence-corrected chi connectivity index (χ1v) is 2.10. The van der Waals surface area contributed by atoms with Gasteiger partial charge >= 0.3 is 123 Å². The molecule has 0 amide bonds. The Morgan fingerprint density at radius 3 is 1.22 bits per heavy atom. The molecule has 0 aliphatic carbocycles. The second-order valence-corrected chi connectivity index (χ2v) is 1.34. The van der Waals surface area contributed by atoms with Crippen molar-refractivity contribution in [1.82, 2.24) is 0 Å². The van der Waals surface area contributed by atoms with Gasteiger partial charge in [0.25, 0.3) is 0 Å². The van der Waals surface area contributed by atoms with E-state index in [0.717, 1.165) is 0 Å². The van der Waals surface area contributed by atoms with E-state index in [4.69, 9.17) is 17.5 Å². The summed E-state index contributed by atoms with van der Waals surface area (Å²) < 4.78 is 31.6. The van der Waals surface area contributed by atoms with Gasteiger partial charge in [0, 0.05) is 8.41 Å². The van der Waals surface area contributed by atoms with Gasteiger partial charge in [-0.2, -0.15) is 8.42 Å². The summed E-state index contributed by atoms with van der Waals surface area (Å²) in [6.07, 6.45) is 0. The van der Waals surface area contributed by atoms with Crippen LogP contribution in [0.2, 0.25) is 0 Å². The first-order chi connectivity index (χ1) is 2.00. The van der Waals surface area contributed by atoms with Gasteiger partial charge in [0.15, 0.2) is 0 Å². The van der Waals surface area contributed by atoms with Crippen molar-refractivity contribution in [3.63, 3.8) is 0 Å². The largest absolute Gasteiger partial charge is 2.00 e. The summed E-state index contributed by atoms with van der Waals surface area (Å²) in [5, 5.41) is 0. The minimum Gasteiger partial charge on any atom is -1.00 e. The summed E-state index contributed by atoms with van der Waals surface area (Å²) in [5.74, 6) is 0. The van der Waals surface area contributed by atoms with E-state index in [0.29, 0.717) is 0 Å². The summed E-state index contributed by atoms with van der Waals surface area (Å²) in [5.41, 5.74) is 0. The molecule has 0 unspecified atom stereocenters. The molecule has 9 heteroatoms. The maximum Gasteiger partial charge on any atom is 2.00 e. The molecule has 4 nitrogen and oxygen atoms in total. The molecule has 0 aromatic heterocycles. The Labute approximate surface area is 152 Å². The summed E-state index contributed by atoms with van der Waals surface area (Å²) in [6.45, 7) is 0. The van der Waals surface area contributed by atoms with E-state index < -0.39 is 10.4 Å². The van der Waals surface area contributed by atoms with E-state index in [2.05, 4.69) is 0 Å². The van der Waals surface area contributed by atoms with Crippen molar-refractivity contribution in [2.75, 3.05) is 0 Å². The maximum absolute atomic E-state index is 8.74. The third kappa shape index (κ3) is 82.5. The van der Waals surface area contributed by atoms with Gasteiger partial charge < -0.3 is 7.13 Å². The second-order valence-electron chi connectivity index (χ2n) is 0.448.